The molecule has 2 rings (SSSR count). The molecule has 0 radical (unpaired) electrons. The van der Waals surface area contributed by atoms with Crippen LogP contribution in [-0.4, -0.2) is 67.1 Å². The molecule has 0 saturated carbocycles. The van der Waals surface area contributed by atoms with Gasteiger partial charge in [-0.3, -0.25) is 14.5 Å². The quantitative estimate of drug-likeness (QED) is 0.573. The molecule has 1 unspecified atom stereocenters. The Morgan fingerprint density at radius 1 is 1.14 bits per heavy atom. The van der Waals surface area contributed by atoms with Gasteiger partial charge >= 0.3 is 11.9 Å². The van der Waals surface area contributed by atoms with E-state index >= 15 is 0 Å². The molecule has 0 aromatic heterocycles. The molecule has 1 aromatic carbocycles. The van der Waals surface area contributed by atoms with Gasteiger partial charge in [0.25, 0.3) is 0 Å². The Kier molecular flexibility index (Phi) is 8.22. The topological polar surface area (TPSA) is 101 Å². The van der Waals surface area contributed by atoms with Crippen molar-refractivity contribution in [3.8, 4) is 0 Å². The molecule has 7 nitrogen and oxygen atoms in total. The van der Waals surface area contributed by atoms with E-state index in [0.717, 1.165) is 31.5 Å². The fraction of sp³-hybridized carbons (Fsp3) is 0.619. The largest absolute Gasteiger partial charge is 0.481 e. The molecule has 0 spiro atoms. The Hall–Kier alpha value is -1.93. The van der Waals surface area contributed by atoms with Crippen molar-refractivity contribution in [2.24, 2.45) is 5.92 Å². The van der Waals surface area contributed by atoms with Crippen LogP contribution < -0.4 is 0 Å². The molecule has 1 atom stereocenters. The lowest BCUT2D eigenvalue weighted by atomic mass is 10.0. The Morgan fingerprint density at radius 2 is 1.76 bits per heavy atom. The van der Waals surface area contributed by atoms with Crippen LogP contribution in [0.3, 0.4) is 0 Å². The smallest absolute Gasteiger partial charge is 0.326 e. The highest BCUT2D eigenvalue weighted by molar-refractivity contribution is 7.93. The van der Waals surface area contributed by atoms with Gasteiger partial charge in [0.05, 0.1) is 11.7 Å². The van der Waals surface area contributed by atoms with Gasteiger partial charge in [-0.25, -0.2) is 8.42 Å². The van der Waals surface area contributed by atoms with Crippen LogP contribution >= 0.6 is 0 Å². The van der Waals surface area contributed by atoms with Crippen LogP contribution in [0.25, 0.3) is 0 Å². The van der Waals surface area contributed by atoms with Crippen LogP contribution in [0.15, 0.2) is 30.3 Å². The number of carboxylic acids is 1. The number of sulfone groups is 1. The molecule has 0 bridgehead atoms. The average molecular weight is 426 g/mol. The van der Waals surface area contributed by atoms with Crippen molar-refractivity contribution in [1.29, 1.82) is 0 Å². The standard InChI is InChI=1S/C21H31NO6S/c1-21(2,20(25)28-14-13-22-11-7-4-8-12-22)29(26,27)16-18(19(23)24)15-17-9-5-3-6-10-17/h3,5-6,9-10,18H,4,7-8,11-16H2,1-2H3,(H,23,24). The minimum atomic E-state index is -4.05. The number of rotatable bonds is 10. The zero-order valence-corrected chi connectivity index (χ0v) is 18.0. The van der Waals surface area contributed by atoms with Crippen LogP contribution in [0.4, 0.5) is 0 Å². The molecule has 1 aromatic rings. The Balaban J connectivity index is 1.97. The molecule has 1 aliphatic heterocycles. The number of likely N-dealkylation sites (tertiary alicyclic amines) is 1. The van der Waals surface area contributed by atoms with E-state index < -0.39 is 38.2 Å². The van der Waals surface area contributed by atoms with E-state index in [4.69, 9.17) is 4.74 Å². The highest BCUT2D eigenvalue weighted by Gasteiger charge is 2.45. The second-order valence-electron chi connectivity index (χ2n) is 8.05. The van der Waals surface area contributed by atoms with E-state index in [-0.39, 0.29) is 13.0 Å². The number of carbonyl (C=O) groups is 2. The summed E-state index contributed by atoms with van der Waals surface area (Å²) in [5, 5.41) is 9.50. The third-order valence-electron chi connectivity index (χ3n) is 5.45. The zero-order chi connectivity index (χ0) is 21.5. The molecular formula is C21H31NO6S. The number of carbonyl (C=O) groups excluding carboxylic acids is 1. The van der Waals surface area contributed by atoms with Crippen LogP contribution in [0.5, 0.6) is 0 Å². The molecule has 1 fully saturated rings. The van der Waals surface area contributed by atoms with E-state index in [2.05, 4.69) is 4.90 Å². The number of benzene rings is 1. The summed E-state index contributed by atoms with van der Waals surface area (Å²) in [4.78, 5) is 26.3. The van der Waals surface area contributed by atoms with Crippen molar-refractivity contribution in [3.05, 3.63) is 35.9 Å². The number of nitrogens with zero attached hydrogens (tertiary/aromatic N) is 1. The third-order valence-corrected chi connectivity index (χ3v) is 8.02. The molecule has 0 amide bonds. The summed E-state index contributed by atoms with van der Waals surface area (Å²) in [6, 6.07) is 8.85. The van der Waals surface area contributed by atoms with Crippen molar-refractivity contribution < 1.29 is 27.9 Å². The summed E-state index contributed by atoms with van der Waals surface area (Å²) in [5.41, 5.74) is 0.733. The number of piperidine rings is 1. The van der Waals surface area contributed by atoms with Crippen LogP contribution in [0, 0.1) is 5.92 Å². The van der Waals surface area contributed by atoms with Crippen molar-refractivity contribution in [2.75, 3.05) is 32.0 Å². The van der Waals surface area contributed by atoms with E-state index in [1.54, 1.807) is 30.3 Å². The molecule has 0 aliphatic carbocycles. The van der Waals surface area contributed by atoms with E-state index in [0.29, 0.717) is 6.54 Å². The fourth-order valence-electron chi connectivity index (χ4n) is 3.34. The summed E-state index contributed by atoms with van der Waals surface area (Å²) >= 11 is 0. The lowest BCUT2D eigenvalue weighted by Gasteiger charge is -2.28. The number of carboxylic acid groups (broad SMARTS) is 1. The van der Waals surface area contributed by atoms with Gasteiger partial charge in [0.1, 0.15) is 6.61 Å². The Labute approximate surface area is 173 Å². The Bertz CT molecular complexity index is 785. The van der Waals surface area contributed by atoms with Crippen LogP contribution in [0.2, 0.25) is 0 Å². The lowest BCUT2D eigenvalue weighted by Crippen LogP contribution is -2.46. The van der Waals surface area contributed by atoms with Crippen LogP contribution in [-0.2, 0) is 30.6 Å². The summed E-state index contributed by atoms with van der Waals surface area (Å²) in [6.07, 6.45) is 3.52. The van der Waals surface area contributed by atoms with Gasteiger partial charge in [0.15, 0.2) is 14.6 Å². The maximum atomic E-state index is 12.9. The molecule has 1 heterocycles. The molecule has 162 valence electrons. The summed E-state index contributed by atoms with van der Waals surface area (Å²) in [6.45, 7) is 5.19. The van der Waals surface area contributed by atoms with Crippen molar-refractivity contribution in [1.82, 2.24) is 4.90 Å². The van der Waals surface area contributed by atoms with E-state index in [1.165, 1.54) is 20.3 Å². The van der Waals surface area contributed by atoms with Gasteiger partial charge < -0.3 is 9.84 Å². The van der Waals surface area contributed by atoms with Crippen molar-refractivity contribution in [3.63, 3.8) is 0 Å². The molecular weight excluding hydrogens is 394 g/mol. The minimum absolute atomic E-state index is 0.0789. The SMILES string of the molecule is CC(C)(C(=O)OCCN1CCCCC1)S(=O)(=O)CC(Cc1ccccc1)C(=O)O. The third kappa shape index (κ3) is 6.54. The first-order valence-electron chi connectivity index (χ1n) is 10.0. The predicted octanol–water partition coefficient (Wildman–Crippen LogP) is 2.15. The minimum Gasteiger partial charge on any atom is -0.481 e. The van der Waals surface area contributed by atoms with Crippen molar-refractivity contribution >= 4 is 21.8 Å². The number of hydrogen-bond donors (Lipinski definition) is 1. The number of ether oxygens (including phenoxy) is 1. The first kappa shape index (κ1) is 23.3. The van der Waals surface area contributed by atoms with Gasteiger partial charge in [0.2, 0.25) is 0 Å². The van der Waals surface area contributed by atoms with E-state index in [1.807, 2.05) is 0 Å². The van der Waals surface area contributed by atoms with Crippen molar-refractivity contribution in [2.45, 2.75) is 44.3 Å². The normalized spacial score (nSPS) is 16.9. The van der Waals surface area contributed by atoms with E-state index in [9.17, 15) is 23.1 Å². The second kappa shape index (κ2) is 10.2. The average Bonchev–Trinajstić information content (AvgIpc) is 2.68. The first-order chi connectivity index (χ1) is 13.6. The number of aliphatic carboxylic acids is 1. The molecule has 29 heavy (non-hydrogen) atoms. The molecule has 1 aliphatic rings. The molecule has 8 heteroatoms. The number of hydrogen-bond acceptors (Lipinski definition) is 6. The van der Waals surface area contributed by atoms with Crippen LogP contribution in [0.1, 0.15) is 38.7 Å². The molecule has 1 saturated heterocycles. The van der Waals surface area contributed by atoms with Gasteiger partial charge in [0, 0.05) is 6.54 Å². The van der Waals surface area contributed by atoms with Gasteiger partial charge in [-0.15, -0.1) is 0 Å². The highest BCUT2D eigenvalue weighted by Crippen LogP contribution is 2.23. The number of esters is 1. The summed E-state index contributed by atoms with van der Waals surface area (Å²) in [5.74, 6) is -3.79. The maximum absolute atomic E-state index is 12.9. The van der Waals surface area contributed by atoms with Gasteiger partial charge in [-0.1, -0.05) is 36.8 Å². The maximum Gasteiger partial charge on any atom is 0.326 e. The summed E-state index contributed by atoms with van der Waals surface area (Å²) in [7, 11) is -4.05. The fourth-order valence-corrected chi connectivity index (χ4v) is 4.86. The zero-order valence-electron chi connectivity index (χ0n) is 17.2. The second-order valence-corrected chi connectivity index (χ2v) is 10.6. The summed E-state index contributed by atoms with van der Waals surface area (Å²) < 4.78 is 29.2. The monoisotopic (exact) mass is 425 g/mol. The predicted molar refractivity (Wildman–Crippen MR) is 110 cm³/mol. The lowest BCUT2D eigenvalue weighted by molar-refractivity contribution is -0.146. The van der Waals surface area contributed by atoms with Gasteiger partial charge in [-0.2, -0.15) is 0 Å². The first-order valence-corrected chi connectivity index (χ1v) is 11.7. The Morgan fingerprint density at radius 3 is 2.34 bits per heavy atom. The molecule has 1 N–H and O–H groups in total. The van der Waals surface area contributed by atoms with Gasteiger partial charge in [-0.05, 0) is 51.8 Å². The highest BCUT2D eigenvalue weighted by atomic mass is 32.2.